The lowest BCUT2D eigenvalue weighted by Gasteiger charge is -2.10. The van der Waals surface area contributed by atoms with Gasteiger partial charge in [-0.05, 0) is 12.1 Å². The number of carbonyl (C=O) groups is 2. The quantitative estimate of drug-likeness (QED) is 0.598. The number of nitriles is 1. The summed E-state index contributed by atoms with van der Waals surface area (Å²) in [6, 6.07) is 15.6. The molecule has 0 aliphatic heterocycles. The van der Waals surface area contributed by atoms with Gasteiger partial charge in [-0.2, -0.15) is 5.26 Å². The zero-order chi connectivity index (χ0) is 17.2. The highest BCUT2D eigenvalue weighted by Gasteiger charge is 2.15. The summed E-state index contributed by atoms with van der Waals surface area (Å²) >= 11 is 11.4. The number of ether oxygens (including phenoxy) is 1. The Morgan fingerprint density at radius 3 is 2.13 bits per heavy atom. The molecule has 0 spiro atoms. The SMILES string of the molecule is CC(=O)O[C@@H](C#N)c1ccccc1Cl.O=Cc1ccccc1Cl. The first-order chi connectivity index (χ1) is 11.0. The molecular formula is C17H13Cl2NO3. The number of aldehydes is 1. The van der Waals surface area contributed by atoms with E-state index < -0.39 is 12.1 Å². The number of esters is 1. The second-order valence-corrected chi connectivity index (χ2v) is 5.09. The normalized spacial score (nSPS) is 10.5. The van der Waals surface area contributed by atoms with Crippen molar-refractivity contribution in [2.75, 3.05) is 0 Å². The maximum Gasteiger partial charge on any atom is 0.304 e. The summed E-state index contributed by atoms with van der Waals surface area (Å²) in [4.78, 5) is 20.8. The first-order valence-electron chi connectivity index (χ1n) is 6.50. The van der Waals surface area contributed by atoms with Gasteiger partial charge in [-0.15, -0.1) is 0 Å². The Morgan fingerprint density at radius 1 is 1.13 bits per heavy atom. The molecule has 0 aromatic heterocycles. The summed E-state index contributed by atoms with van der Waals surface area (Å²) in [7, 11) is 0. The molecule has 118 valence electrons. The van der Waals surface area contributed by atoms with Crippen LogP contribution in [0.15, 0.2) is 48.5 Å². The van der Waals surface area contributed by atoms with Gasteiger partial charge >= 0.3 is 5.97 Å². The van der Waals surface area contributed by atoms with Crippen LogP contribution in [0, 0.1) is 11.3 Å². The average molecular weight is 350 g/mol. The van der Waals surface area contributed by atoms with Gasteiger partial charge in [-0.1, -0.05) is 59.6 Å². The number of benzene rings is 2. The number of nitrogens with zero attached hydrogens (tertiary/aromatic N) is 1. The van der Waals surface area contributed by atoms with E-state index in [0.717, 1.165) is 6.29 Å². The van der Waals surface area contributed by atoms with Crippen molar-refractivity contribution in [1.29, 1.82) is 5.26 Å². The molecule has 0 N–H and O–H groups in total. The van der Waals surface area contributed by atoms with Crippen LogP contribution in [0.25, 0.3) is 0 Å². The highest BCUT2D eigenvalue weighted by atomic mass is 35.5. The van der Waals surface area contributed by atoms with E-state index in [0.29, 0.717) is 21.2 Å². The van der Waals surface area contributed by atoms with Crippen molar-refractivity contribution in [3.63, 3.8) is 0 Å². The minimum Gasteiger partial charge on any atom is -0.442 e. The van der Waals surface area contributed by atoms with E-state index in [9.17, 15) is 9.59 Å². The second-order valence-electron chi connectivity index (χ2n) is 4.28. The summed E-state index contributed by atoms with van der Waals surface area (Å²) in [6.07, 6.45) is -0.191. The number of rotatable bonds is 3. The Balaban J connectivity index is 0.000000253. The molecule has 6 heteroatoms. The standard InChI is InChI=1S/C10H8ClNO2.C7H5ClO/c1-7(13)14-10(6-12)8-4-2-3-5-9(8)11;8-7-4-2-1-3-6(7)5-9/h2-5,10H,1H3;1-5H/t10-;/m0./s1. The number of hydrogen-bond donors (Lipinski definition) is 0. The minimum atomic E-state index is -0.929. The summed E-state index contributed by atoms with van der Waals surface area (Å²) in [5, 5.41) is 9.69. The summed E-state index contributed by atoms with van der Waals surface area (Å²) in [5.74, 6) is -0.503. The Kier molecular flexibility index (Phi) is 7.82. The maximum atomic E-state index is 10.7. The molecule has 4 nitrogen and oxygen atoms in total. The van der Waals surface area contributed by atoms with Crippen molar-refractivity contribution in [1.82, 2.24) is 0 Å². The summed E-state index contributed by atoms with van der Waals surface area (Å²) in [5.41, 5.74) is 1.05. The third-order valence-corrected chi connectivity index (χ3v) is 3.31. The van der Waals surface area contributed by atoms with Crippen LogP contribution in [-0.2, 0) is 9.53 Å². The van der Waals surface area contributed by atoms with Gasteiger partial charge in [0.15, 0.2) is 6.29 Å². The zero-order valence-electron chi connectivity index (χ0n) is 12.2. The van der Waals surface area contributed by atoms with Crippen molar-refractivity contribution < 1.29 is 14.3 Å². The Bertz CT molecular complexity index is 726. The van der Waals surface area contributed by atoms with Crippen LogP contribution in [0.2, 0.25) is 10.0 Å². The minimum absolute atomic E-state index is 0.417. The predicted molar refractivity (Wildman–Crippen MR) is 88.4 cm³/mol. The molecule has 23 heavy (non-hydrogen) atoms. The van der Waals surface area contributed by atoms with Gasteiger partial charge in [0.2, 0.25) is 6.10 Å². The lowest BCUT2D eigenvalue weighted by atomic mass is 10.1. The van der Waals surface area contributed by atoms with Crippen molar-refractivity contribution in [2.24, 2.45) is 0 Å². The molecule has 0 amide bonds. The Morgan fingerprint density at radius 2 is 1.70 bits per heavy atom. The van der Waals surface area contributed by atoms with E-state index in [1.165, 1.54) is 6.92 Å². The van der Waals surface area contributed by atoms with Crippen LogP contribution < -0.4 is 0 Å². The van der Waals surface area contributed by atoms with Crippen LogP contribution in [-0.4, -0.2) is 12.3 Å². The van der Waals surface area contributed by atoms with Gasteiger partial charge in [-0.25, -0.2) is 0 Å². The smallest absolute Gasteiger partial charge is 0.304 e. The summed E-state index contributed by atoms with van der Waals surface area (Å²) in [6.45, 7) is 1.25. The first-order valence-corrected chi connectivity index (χ1v) is 7.26. The molecule has 0 saturated carbocycles. The Hall–Kier alpha value is -2.35. The van der Waals surface area contributed by atoms with Gasteiger partial charge < -0.3 is 4.74 Å². The Labute approximate surface area is 144 Å². The number of hydrogen-bond acceptors (Lipinski definition) is 4. The molecular weight excluding hydrogens is 337 g/mol. The third kappa shape index (κ3) is 6.11. The molecule has 0 fully saturated rings. The predicted octanol–water partition coefficient (Wildman–Crippen LogP) is 4.62. The topological polar surface area (TPSA) is 67.2 Å². The van der Waals surface area contributed by atoms with Gasteiger partial charge in [-0.3, -0.25) is 9.59 Å². The molecule has 0 radical (unpaired) electrons. The van der Waals surface area contributed by atoms with Crippen LogP contribution >= 0.6 is 23.2 Å². The monoisotopic (exact) mass is 349 g/mol. The molecule has 2 aromatic carbocycles. The molecule has 0 aliphatic carbocycles. The van der Waals surface area contributed by atoms with E-state index in [-0.39, 0.29) is 0 Å². The molecule has 2 aromatic rings. The number of halogens is 2. The lowest BCUT2D eigenvalue weighted by Crippen LogP contribution is -2.06. The van der Waals surface area contributed by atoms with E-state index in [1.807, 2.05) is 6.07 Å². The van der Waals surface area contributed by atoms with E-state index in [4.69, 9.17) is 33.2 Å². The molecule has 2 rings (SSSR count). The molecule has 0 saturated heterocycles. The van der Waals surface area contributed by atoms with Gasteiger partial charge in [0.25, 0.3) is 0 Å². The van der Waals surface area contributed by atoms with Crippen LogP contribution in [0.4, 0.5) is 0 Å². The largest absolute Gasteiger partial charge is 0.442 e. The highest BCUT2D eigenvalue weighted by molar-refractivity contribution is 6.32. The van der Waals surface area contributed by atoms with Crippen LogP contribution in [0.5, 0.6) is 0 Å². The number of carbonyl (C=O) groups excluding carboxylic acids is 2. The van der Waals surface area contributed by atoms with Gasteiger partial charge in [0.1, 0.15) is 6.07 Å². The molecule has 0 unspecified atom stereocenters. The van der Waals surface area contributed by atoms with Crippen molar-refractivity contribution in [2.45, 2.75) is 13.0 Å². The van der Waals surface area contributed by atoms with Crippen molar-refractivity contribution >= 4 is 35.5 Å². The van der Waals surface area contributed by atoms with E-state index in [2.05, 4.69) is 0 Å². The van der Waals surface area contributed by atoms with Crippen LogP contribution in [0.1, 0.15) is 28.9 Å². The molecule has 0 bridgehead atoms. The van der Waals surface area contributed by atoms with Gasteiger partial charge in [0, 0.05) is 23.1 Å². The average Bonchev–Trinajstić information content (AvgIpc) is 2.54. The van der Waals surface area contributed by atoms with E-state index in [1.54, 1.807) is 48.5 Å². The first kappa shape index (κ1) is 18.7. The zero-order valence-corrected chi connectivity index (χ0v) is 13.7. The second kappa shape index (κ2) is 9.62. The van der Waals surface area contributed by atoms with Gasteiger partial charge in [0.05, 0.1) is 5.02 Å². The fourth-order valence-corrected chi connectivity index (χ4v) is 2.00. The molecule has 1 atom stereocenters. The van der Waals surface area contributed by atoms with E-state index >= 15 is 0 Å². The highest BCUT2D eigenvalue weighted by Crippen LogP contribution is 2.24. The van der Waals surface area contributed by atoms with Crippen LogP contribution in [0.3, 0.4) is 0 Å². The van der Waals surface area contributed by atoms with Crippen molar-refractivity contribution in [3.8, 4) is 6.07 Å². The van der Waals surface area contributed by atoms with Crippen molar-refractivity contribution in [3.05, 3.63) is 69.7 Å². The lowest BCUT2D eigenvalue weighted by molar-refractivity contribution is -0.144. The molecule has 0 aliphatic rings. The third-order valence-electron chi connectivity index (χ3n) is 2.62. The maximum absolute atomic E-state index is 10.7. The fourth-order valence-electron chi connectivity index (χ4n) is 1.58. The molecule has 0 heterocycles. The fraction of sp³-hybridized carbons (Fsp3) is 0.118. The summed E-state index contributed by atoms with van der Waals surface area (Å²) < 4.78 is 4.78.